The summed E-state index contributed by atoms with van der Waals surface area (Å²) in [7, 11) is 2.10. The van der Waals surface area contributed by atoms with E-state index in [0.717, 1.165) is 21.9 Å². The third-order valence-electron chi connectivity index (χ3n) is 2.59. The predicted molar refractivity (Wildman–Crippen MR) is 69.8 cm³/mol. The molecule has 0 saturated carbocycles. The number of hydrogen-bond acceptors (Lipinski definition) is 1. The molecular formula is C12H14ClNS. The van der Waals surface area contributed by atoms with Gasteiger partial charge in [0.1, 0.15) is 0 Å². The van der Waals surface area contributed by atoms with Gasteiger partial charge in [0.2, 0.25) is 0 Å². The van der Waals surface area contributed by atoms with Gasteiger partial charge in [-0.3, -0.25) is 0 Å². The van der Waals surface area contributed by atoms with E-state index in [4.69, 9.17) is 11.6 Å². The second-order valence-corrected chi connectivity index (χ2v) is 5.19. The Balaban J connectivity index is 2.49. The van der Waals surface area contributed by atoms with Gasteiger partial charge in [-0.1, -0.05) is 24.6 Å². The van der Waals surface area contributed by atoms with E-state index in [1.807, 2.05) is 23.9 Å². The van der Waals surface area contributed by atoms with Gasteiger partial charge in [0.25, 0.3) is 0 Å². The van der Waals surface area contributed by atoms with Crippen LogP contribution in [0.25, 0.3) is 10.9 Å². The maximum Gasteiger partial charge on any atom is 0.0499 e. The van der Waals surface area contributed by atoms with Gasteiger partial charge in [0.05, 0.1) is 0 Å². The summed E-state index contributed by atoms with van der Waals surface area (Å²) in [5.41, 5.74) is 2.55. The Labute approximate surface area is 99.4 Å². The van der Waals surface area contributed by atoms with E-state index >= 15 is 0 Å². The Kier molecular flexibility index (Phi) is 3.27. The van der Waals surface area contributed by atoms with Crippen LogP contribution < -0.4 is 0 Å². The van der Waals surface area contributed by atoms with E-state index in [9.17, 15) is 0 Å². The molecular weight excluding hydrogens is 226 g/mol. The zero-order valence-corrected chi connectivity index (χ0v) is 10.5. The van der Waals surface area contributed by atoms with Crippen molar-refractivity contribution in [2.24, 2.45) is 7.05 Å². The fourth-order valence-electron chi connectivity index (χ4n) is 1.72. The first-order chi connectivity index (χ1) is 7.24. The molecule has 15 heavy (non-hydrogen) atoms. The second kappa shape index (κ2) is 4.50. The lowest BCUT2D eigenvalue weighted by atomic mass is 10.2. The molecule has 0 saturated heterocycles. The standard InChI is InChI=1S/C12H14ClNS/c1-3-15-8-9-7-10-11(13)5-4-6-12(10)14(9)2/h4-7H,3,8H2,1-2H3. The molecule has 3 heteroatoms. The van der Waals surface area contributed by atoms with E-state index in [0.29, 0.717) is 0 Å². The maximum absolute atomic E-state index is 6.16. The highest BCUT2D eigenvalue weighted by Crippen LogP contribution is 2.27. The number of benzene rings is 1. The summed E-state index contributed by atoms with van der Waals surface area (Å²) in [5.74, 6) is 2.20. The first-order valence-electron chi connectivity index (χ1n) is 5.04. The minimum absolute atomic E-state index is 0.843. The average Bonchev–Trinajstić information content (AvgIpc) is 2.55. The minimum Gasteiger partial charge on any atom is -0.347 e. The summed E-state index contributed by atoms with van der Waals surface area (Å²) < 4.78 is 2.23. The van der Waals surface area contributed by atoms with E-state index in [1.54, 1.807) is 0 Å². The molecule has 1 nitrogen and oxygen atoms in total. The number of thioether (sulfide) groups is 1. The minimum atomic E-state index is 0.843. The van der Waals surface area contributed by atoms with Crippen LogP contribution in [0.15, 0.2) is 24.3 Å². The molecule has 0 aliphatic carbocycles. The summed E-state index contributed by atoms with van der Waals surface area (Å²) >= 11 is 8.09. The number of hydrogen-bond donors (Lipinski definition) is 0. The highest BCUT2D eigenvalue weighted by Gasteiger charge is 2.07. The van der Waals surface area contributed by atoms with E-state index in [-0.39, 0.29) is 0 Å². The Bertz CT molecular complexity index is 476. The van der Waals surface area contributed by atoms with Crippen LogP contribution in [0.2, 0.25) is 5.02 Å². The molecule has 0 spiro atoms. The van der Waals surface area contributed by atoms with Gasteiger partial charge in [-0.15, -0.1) is 0 Å². The normalized spacial score (nSPS) is 11.1. The fraction of sp³-hybridized carbons (Fsp3) is 0.333. The molecule has 0 atom stereocenters. The van der Waals surface area contributed by atoms with Crippen molar-refractivity contribution in [2.75, 3.05) is 5.75 Å². The van der Waals surface area contributed by atoms with E-state index in [2.05, 4.69) is 30.7 Å². The van der Waals surface area contributed by atoms with Crippen molar-refractivity contribution < 1.29 is 0 Å². The molecule has 0 unspecified atom stereocenters. The molecule has 80 valence electrons. The Hall–Kier alpha value is -0.600. The average molecular weight is 240 g/mol. The Morgan fingerprint density at radius 2 is 2.20 bits per heavy atom. The molecule has 0 amide bonds. The van der Waals surface area contributed by atoms with Crippen LogP contribution in [-0.4, -0.2) is 10.3 Å². The topological polar surface area (TPSA) is 4.93 Å². The second-order valence-electron chi connectivity index (χ2n) is 3.50. The molecule has 0 aliphatic heterocycles. The molecule has 1 aromatic heterocycles. The smallest absolute Gasteiger partial charge is 0.0499 e. The van der Waals surface area contributed by atoms with Crippen LogP contribution in [0, 0.1) is 0 Å². The lowest BCUT2D eigenvalue weighted by molar-refractivity contribution is 0.910. The SMILES string of the molecule is CCSCc1cc2c(Cl)cccc2n1C. The van der Waals surface area contributed by atoms with Crippen molar-refractivity contribution in [3.8, 4) is 0 Å². The molecule has 1 aromatic carbocycles. The summed E-state index contributed by atoms with van der Waals surface area (Å²) in [6.07, 6.45) is 0. The van der Waals surface area contributed by atoms with Crippen molar-refractivity contribution in [1.29, 1.82) is 0 Å². The monoisotopic (exact) mass is 239 g/mol. The van der Waals surface area contributed by atoms with Crippen LogP contribution in [0.5, 0.6) is 0 Å². The van der Waals surface area contributed by atoms with Crippen LogP contribution in [0.3, 0.4) is 0 Å². The van der Waals surface area contributed by atoms with Gasteiger partial charge in [0.15, 0.2) is 0 Å². The summed E-state index contributed by atoms with van der Waals surface area (Å²) in [6, 6.07) is 8.25. The molecule has 0 bridgehead atoms. The zero-order chi connectivity index (χ0) is 10.8. The lowest BCUT2D eigenvalue weighted by Gasteiger charge is -2.02. The molecule has 0 fully saturated rings. The number of aryl methyl sites for hydroxylation is 1. The molecule has 0 aliphatic rings. The number of fused-ring (bicyclic) bond motifs is 1. The first-order valence-corrected chi connectivity index (χ1v) is 6.58. The zero-order valence-electron chi connectivity index (χ0n) is 8.96. The van der Waals surface area contributed by atoms with E-state index in [1.165, 1.54) is 11.2 Å². The molecule has 0 N–H and O–H groups in total. The van der Waals surface area contributed by atoms with Gasteiger partial charge < -0.3 is 4.57 Å². The van der Waals surface area contributed by atoms with Crippen molar-refractivity contribution >= 4 is 34.3 Å². The Morgan fingerprint density at radius 1 is 1.40 bits per heavy atom. The molecule has 2 rings (SSSR count). The van der Waals surface area contributed by atoms with Crippen LogP contribution >= 0.6 is 23.4 Å². The molecule has 0 radical (unpaired) electrons. The summed E-state index contributed by atoms with van der Waals surface area (Å²) in [6.45, 7) is 2.18. The highest BCUT2D eigenvalue weighted by molar-refractivity contribution is 7.98. The van der Waals surface area contributed by atoms with Gasteiger partial charge in [-0.2, -0.15) is 11.8 Å². The third kappa shape index (κ3) is 2.01. The fourth-order valence-corrected chi connectivity index (χ4v) is 2.64. The quantitative estimate of drug-likeness (QED) is 0.781. The van der Waals surface area contributed by atoms with Crippen molar-refractivity contribution in [1.82, 2.24) is 4.57 Å². The van der Waals surface area contributed by atoms with Gasteiger partial charge in [-0.25, -0.2) is 0 Å². The molecule has 1 heterocycles. The number of nitrogens with zero attached hydrogens (tertiary/aromatic N) is 1. The van der Waals surface area contributed by atoms with Gasteiger partial charge >= 0.3 is 0 Å². The predicted octanol–water partition coefficient (Wildman–Crippen LogP) is 4.08. The summed E-state index contributed by atoms with van der Waals surface area (Å²) in [5, 5.41) is 2.00. The van der Waals surface area contributed by atoms with Gasteiger partial charge in [-0.05, 0) is 24.0 Å². The number of rotatable bonds is 3. The van der Waals surface area contributed by atoms with Crippen molar-refractivity contribution in [3.05, 3.63) is 35.0 Å². The third-order valence-corrected chi connectivity index (χ3v) is 3.82. The number of aromatic nitrogens is 1. The molecule has 2 aromatic rings. The summed E-state index contributed by atoms with van der Waals surface area (Å²) in [4.78, 5) is 0. The highest BCUT2D eigenvalue weighted by atomic mass is 35.5. The van der Waals surface area contributed by atoms with Crippen molar-refractivity contribution in [3.63, 3.8) is 0 Å². The van der Waals surface area contributed by atoms with Gasteiger partial charge in [0, 0.05) is 34.4 Å². The Morgan fingerprint density at radius 3 is 2.87 bits per heavy atom. The maximum atomic E-state index is 6.16. The van der Waals surface area contributed by atoms with Crippen LogP contribution in [0.4, 0.5) is 0 Å². The van der Waals surface area contributed by atoms with Crippen LogP contribution in [0.1, 0.15) is 12.6 Å². The van der Waals surface area contributed by atoms with Crippen molar-refractivity contribution in [2.45, 2.75) is 12.7 Å². The lowest BCUT2D eigenvalue weighted by Crippen LogP contribution is -1.93. The first kappa shape index (κ1) is 10.9. The van der Waals surface area contributed by atoms with Crippen LogP contribution in [-0.2, 0) is 12.8 Å². The van der Waals surface area contributed by atoms with E-state index < -0.39 is 0 Å². The largest absolute Gasteiger partial charge is 0.347 e. The number of halogens is 1.